The van der Waals surface area contributed by atoms with Gasteiger partial charge in [-0.25, -0.2) is 0 Å². The molecule has 2 N–H and O–H groups in total. The lowest BCUT2D eigenvalue weighted by Gasteiger charge is -2.45. The average molecular weight is 337 g/mol. The minimum atomic E-state index is 0.0519. The molecule has 1 aromatic rings. The lowest BCUT2D eigenvalue weighted by Crippen LogP contribution is -2.48. The summed E-state index contributed by atoms with van der Waals surface area (Å²) in [6.45, 7) is 7.84. The fraction of sp³-hybridized carbons (Fsp3) is 0.684. The lowest BCUT2D eigenvalue weighted by molar-refractivity contribution is 0.0288. The third kappa shape index (κ3) is 5.36. The zero-order valence-electron chi connectivity index (χ0n) is 14.9. The highest BCUT2D eigenvalue weighted by molar-refractivity contribution is 5.51. The largest absolute Gasteiger partial charge is 0.508 e. The molecule has 1 aromatic carbocycles. The zero-order valence-corrected chi connectivity index (χ0v) is 14.9. The van der Waals surface area contributed by atoms with Crippen LogP contribution >= 0.6 is 0 Å². The van der Waals surface area contributed by atoms with Gasteiger partial charge < -0.3 is 24.6 Å². The summed E-state index contributed by atoms with van der Waals surface area (Å²) in [7, 11) is 0. The summed E-state index contributed by atoms with van der Waals surface area (Å²) >= 11 is 0. The first-order chi connectivity index (χ1) is 11.6. The number of anilines is 1. The number of hydrogen-bond acceptors (Lipinski definition) is 5. The van der Waals surface area contributed by atoms with Crippen LogP contribution in [0.15, 0.2) is 24.3 Å². The van der Waals surface area contributed by atoms with Crippen molar-refractivity contribution in [3.63, 3.8) is 0 Å². The highest BCUT2D eigenvalue weighted by Crippen LogP contribution is 2.34. The quantitative estimate of drug-likeness (QED) is 0.678. The smallest absolute Gasteiger partial charge is 0.117 e. The second kappa shape index (κ2) is 9.87. The highest BCUT2D eigenvalue weighted by Gasteiger charge is 2.32. The van der Waals surface area contributed by atoms with Crippen molar-refractivity contribution in [3.8, 4) is 5.75 Å². The molecule has 2 rings (SSSR count). The number of aromatic hydroxyl groups is 1. The predicted octanol–water partition coefficient (Wildman–Crippen LogP) is 2.66. The number of nitrogens with zero attached hydrogens (tertiary/aromatic N) is 1. The van der Waals surface area contributed by atoms with Crippen LogP contribution in [-0.2, 0) is 9.47 Å². The Kier molecular flexibility index (Phi) is 7.82. The Morgan fingerprint density at radius 1 is 1.12 bits per heavy atom. The summed E-state index contributed by atoms with van der Waals surface area (Å²) in [6.07, 6.45) is 2.13. The first kappa shape index (κ1) is 19.0. The normalized spacial score (nSPS) is 24.3. The van der Waals surface area contributed by atoms with Crippen molar-refractivity contribution in [2.45, 2.75) is 32.7 Å². The molecule has 0 saturated carbocycles. The highest BCUT2D eigenvalue weighted by atomic mass is 16.5. The maximum absolute atomic E-state index is 9.78. The van der Waals surface area contributed by atoms with Crippen molar-refractivity contribution in [3.05, 3.63) is 24.3 Å². The van der Waals surface area contributed by atoms with Gasteiger partial charge in [0.2, 0.25) is 0 Å². The number of ether oxygens (including phenoxy) is 2. The third-order valence-corrected chi connectivity index (χ3v) is 5.06. The Morgan fingerprint density at radius 2 is 1.88 bits per heavy atom. The maximum Gasteiger partial charge on any atom is 0.117 e. The summed E-state index contributed by atoms with van der Waals surface area (Å²) in [6, 6.07) is 7.94. The summed E-state index contributed by atoms with van der Waals surface area (Å²) < 4.78 is 10.9. The van der Waals surface area contributed by atoms with Crippen LogP contribution in [0.5, 0.6) is 5.75 Å². The van der Waals surface area contributed by atoms with Crippen molar-refractivity contribution in [1.82, 2.24) is 0 Å². The Balaban J connectivity index is 1.89. The van der Waals surface area contributed by atoms with E-state index in [0.29, 0.717) is 50.1 Å². The van der Waals surface area contributed by atoms with Crippen LogP contribution in [0.1, 0.15) is 26.7 Å². The second-order valence-corrected chi connectivity index (χ2v) is 6.64. The van der Waals surface area contributed by atoms with E-state index in [9.17, 15) is 5.11 Å². The first-order valence-electron chi connectivity index (χ1n) is 8.95. The SMILES string of the molecule is CC1CCN(c2cccc(O)c2)C(CCOCCOCCO)C1C. The van der Waals surface area contributed by atoms with E-state index in [1.54, 1.807) is 6.07 Å². The van der Waals surface area contributed by atoms with E-state index in [2.05, 4.69) is 24.8 Å². The van der Waals surface area contributed by atoms with Crippen molar-refractivity contribution in [2.75, 3.05) is 44.5 Å². The molecule has 5 heteroatoms. The van der Waals surface area contributed by atoms with E-state index in [4.69, 9.17) is 14.6 Å². The van der Waals surface area contributed by atoms with Gasteiger partial charge in [-0.3, -0.25) is 0 Å². The lowest BCUT2D eigenvalue weighted by atomic mass is 9.80. The fourth-order valence-corrected chi connectivity index (χ4v) is 3.44. The van der Waals surface area contributed by atoms with E-state index in [-0.39, 0.29) is 6.61 Å². The standard InChI is InChI=1S/C19H31NO4/c1-15-6-8-20(17-4-3-5-18(22)14-17)19(16(15)2)7-10-23-12-13-24-11-9-21/h3-5,14-16,19,21-22H,6-13H2,1-2H3. The number of rotatable bonds is 9. The molecule has 5 nitrogen and oxygen atoms in total. The van der Waals surface area contributed by atoms with Gasteiger partial charge in [0.15, 0.2) is 0 Å². The molecular formula is C19H31NO4. The first-order valence-corrected chi connectivity index (χ1v) is 8.95. The van der Waals surface area contributed by atoms with Gasteiger partial charge >= 0.3 is 0 Å². The number of aliphatic hydroxyl groups is 1. The van der Waals surface area contributed by atoms with Gasteiger partial charge in [-0.15, -0.1) is 0 Å². The molecule has 0 bridgehead atoms. The zero-order chi connectivity index (χ0) is 17.4. The third-order valence-electron chi connectivity index (χ3n) is 5.06. The number of aliphatic hydroxyl groups excluding tert-OH is 1. The van der Waals surface area contributed by atoms with Crippen molar-refractivity contribution >= 4 is 5.69 Å². The van der Waals surface area contributed by atoms with Crippen LogP contribution in [0.2, 0.25) is 0 Å². The van der Waals surface area contributed by atoms with Crippen molar-refractivity contribution < 1.29 is 19.7 Å². The number of phenols is 1. The Labute approximate surface area is 145 Å². The van der Waals surface area contributed by atoms with E-state index in [0.717, 1.165) is 18.7 Å². The second-order valence-electron chi connectivity index (χ2n) is 6.64. The van der Waals surface area contributed by atoms with Crippen LogP contribution < -0.4 is 4.90 Å². The van der Waals surface area contributed by atoms with Crippen molar-refractivity contribution in [2.24, 2.45) is 11.8 Å². The molecule has 1 heterocycles. The Bertz CT molecular complexity index is 482. The van der Waals surface area contributed by atoms with Crippen molar-refractivity contribution in [1.29, 1.82) is 0 Å². The predicted molar refractivity (Wildman–Crippen MR) is 95.5 cm³/mol. The summed E-state index contributed by atoms with van der Waals surface area (Å²) in [5.41, 5.74) is 1.09. The summed E-state index contributed by atoms with van der Waals surface area (Å²) in [4.78, 5) is 2.41. The number of hydrogen-bond donors (Lipinski definition) is 2. The molecule has 0 aliphatic carbocycles. The molecule has 0 radical (unpaired) electrons. The molecule has 136 valence electrons. The molecular weight excluding hydrogens is 306 g/mol. The molecule has 1 fully saturated rings. The van der Waals surface area contributed by atoms with E-state index in [1.807, 2.05) is 12.1 Å². The average Bonchev–Trinajstić information content (AvgIpc) is 2.57. The van der Waals surface area contributed by atoms with Crippen LogP contribution in [0.25, 0.3) is 0 Å². The molecule has 0 amide bonds. The molecule has 24 heavy (non-hydrogen) atoms. The fourth-order valence-electron chi connectivity index (χ4n) is 3.44. The van der Waals surface area contributed by atoms with Gasteiger partial charge in [0.1, 0.15) is 5.75 Å². The van der Waals surface area contributed by atoms with Gasteiger partial charge in [0.25, 0.3) is 0 Å². The maximum atomic E-state index is 9.78. The van der Waals surface area contributed by atoms with E-state index >= 15 is 0 Å². The minimum absolute atomic E-state index is 0.0519. The monoisotopic (exact) mass is 337 g/mol. The van der Waals surface area contributed by atoms with Gasteiger partial charge in [-0.05, 0) is 36.8 Å². The molecule has 3 unspecified atom stereocenters. The molecule has 0 spiro atoms. The van der Waals surface area contributed by atoms with Gasteiger partial charge in [0, 0.05) is 30.9 Å². The molecule has 3 atom stereocenters. The van der Waals surface area contributed by atoms with Crippen LogP contribution in [0.3, 0.4) is 0 Å². The summed E-state index contributed by atoms with van der Waals surface area (Å²) in [5, 5.41) is 18.4. The number of benzene rings is 1. The Hall–Kier alpha value is -1.30. The Morgan fingerprint density at radius 3 is 2.58 bits per heavy atom. The molecule has 1 saturated heterocycles. The minimum Gasteiger partial charge on any atom is -0.508 e. The van der Waals surface area contributed by atoms with Crippen LogP contribution in [0.4, 0.5) is 5.69 Å². The van der Waals surface area contributed by atoms with E-state index in [1.165, 1.54) is 6.42 Å². The van der Waals surface area contributed by atoms with Gasteiger partial charge in [-0.2, -0.15) is 0 Å². The topological polar surface area (TPSA) is 62.2 Å². The van der Waals surface area contributed by atoms with Gasteiger partial charge in [-0.1, -0.05) is 19.9 Å². The molecule has 1 aliphatic heterocycles. The number of piperidine rings is 1. The van der Waals surface area contributed by atoms with Gasteiger partial charge in [0.05, 0.1) is 26.4 Å². The van der Waals surface area contributed by atoms with Crippen LogP contribution in [-0.4, -0.2) is 55.8 Å². The summed E-state index contributed by atoms with van der Waals surface area (Å²) in [5.74, 6) is 1.58. The molecule has 0 aromatic heterocycles. The van der Waals surface area contributed by atoms with E-state index < -0.39 is 0 Å². The van der Waals surface area contributed by atoms with Crippen LogP contribution in [0, 0.1) is 11.8 Å². The number of phenolic OH excluding ortho intramolecular Hbond substituents is 1. The molecule has 1 aliphatic rings.